The Morgan fingerprint density at radius 1 is 1.23 bits per heavy atom. The summed E-state index contributed by atoms with van der Waals surface area (Å²) in [7, 11) is 0. The van der Waals surface area contributed by atoms with Crippen molar-refractivity contribution < 1.29 is 18.5 Å². The average Bonchev–Trinajstić information content (AvgIpc) is 2.44. The maximum Gasteiger partial charge on any atom is 0.272 e. The van der Waals surface area contributed by atoms with E-state index in [1.807, 2.05) is 0 Å². The number of nitrogens with one attached hydrogen (secondary N) is 1. The van der Waals surface area contributed by atoms with E-state index in [1.165, 1.54) is 25.1 Å². The molecule has 1 amide bonds. The number of nitro groups is 1. The second kappa shape index (κ2) is 6.18. The van der Waals surface area contributed by atoms with Crippen LogP contribution in [0.2, 0.25) is 0 Å². The molecule has 114 valence electrons. The van der Waals surface area contributed by atoms with Gasteiger partial charge in [-0.1, -0.05) is 0 Å². The second-order valence-corrected chi connectivity index (χ2v) is 5.31. The van der Waals surface area contributed by atoms with Crippen molar-refractivity contribution in [2.45, 2.75) is 6.92 Å². The molecule has 0 bridgehead atoms. The topological polar surface area (TPSA) is 72.2 Å². The molecule has 0 unspecified atom stereocenters. The van der Waals surface area contributed by atoms with Gasteiger partial charge in [0.05, 0.1) is 10.6 Å². The normalized spacial score (nSPS) is 10.4. The molecule has 8 heteroatoms. The van der Waals surface area contributed by atoms with Crippen molar-refractivity contribution in [2.24, 2.45) is 0 Å². The summed E-state index contributed by atoms with van der Waals surface area (Å²) in [6.45, 7) is 1.50. The number of nitrogens with zero attached hydrogens (tertiary/aromatic N) is 1. The Kier molecular flexibility index (Phi) is 4.51. The highest BCUT2D eigenvalue weighted by atomic mass is 79.9. The molecule has 0 aliphatic heterocycles. The molecule has 0 aromatic heterocycles. The van der Waals surface area contributed by atoms with Crippen molar-refractivity contribution in [3.05, 3.63) is 67.7 Å². The average molecular weight is 371 g/mol. The fraction of sp³-hybridized carbons (Fsp3) is 0.0714. The molecule has 5 nitrogen and oxygen atoms in total. The van der Waals surface area contributed by atoms with E-state index in [0.29, 0.717) is 5.56 Å². The van der Waals surface area contributed by atoms with Crippen LogP contribution in [0, 0.1) is 28.7 Å². The van der Waals surface area contributed by atoms with Gasteiger partial charge in [0.15, 0.2) is 11.6 Å². The molecule has 0 spiro atoms. The van der Waals surface area contributed by atoms with Gasteiger partial charge in [0, 0.05) is 27.7 Å². The number of amides is 1. The Balaban J connectivity index is 2.28. The molecular formula is C14H9BrF2N2O3. The van der Waals surface area contributed by atoms with Crippen molar-refractivity contribution in [1.29, 1.82) is 0 Å². The number of aryl methyl sites for hydroxylation is 1. The third kappa shape index (κ3) is 3.28. The highest BCUT2D eigenvalue weighted by Gasteiger charge is 2.15. The first-order chi connectivity index (χ1) is 10.3. The molecule has 0 heterocycles. The monoisotopic (exact) mass is 370 g/mol. The molecule has 2 aromatic rings. The van der Waals surface area contributed by atoms with E-state index in [0.717, 1.165) is 12.1 Å². The predicted molar refractivity (Wildman–Crippen MR) is 79.8 cm³/mol. The van der Waals surface area contributed by atoms with E-state index >= 15 is 0 Å². The van der Waals surface area contributed by atoms with Crippen molar-refractivity contribution in [1.82, 2.24) is 0 Å². The minimum absolute atomic E-state index is 0.0555. The Morgan fingerprint density at radius 3 is 2.45 bits per heavy atom. The summed E-state index contributed by atoms with van der Waals surface area (Å²) in [6, 6.07) is 5.58. The maximum atomic E-state index is 13.2. The van der Waals surface area contributed by atoms with E-state index in [2.05, 4.69) is 21.2 Å². The quantitative estimate of drug-likeness (QED) is 0.500. The molecule has 0 atom stereocenters. The number of benzene rings is 2. The zero-order chi connectivity index (χ0) is 16.4. The lowest BCUT2D eigenvalue weighted by Crippen LogP contribution is -2.13. The van der Waals surface area contributed by atoms with Crippen LogP contribution in [0.4, 0.5) is 20.2 Å². The van der Waals surface area contributed by atoms with Crippen LogP contribution in [0.1, 0.15) is 15.9 Å². The van der Waals surface area contributed by atoms with Crippen LogP contribution < -0.4 is 5.32 Å². The highest BCUT2D eigenvalue weighted by molar-refractivity contribution is 9.10. The highest BCUT2D eigenvalue weighted by Crippen LogP contribution is 2.26. The number of hydrogen-bond acceptors (Lipinski definition) is 3. The first kappa shape index (κ1) is 16.0. The van der Waals surface area contributed by atoms with Crippen LogP contribution >= 0.6 is 15.9 Å². The van der Waals surface area contributed by atoms with Crippen molar-refractivity contribution in [3.8, 4) is 0 Å². The zero-order valence-corrected chi connectivity index (χ0v) is 12.8. The number of rotatable bonds is 3. The minimum atomic E-state index is -1.10. The van der Waals surface area contributed by atoms with Crippen LogP contribution in [0.3, 0.4) is 0 Å². The van der Waals surface area contributed by atoms with Gasteiger partial charge in [0.2, 0.25) is 0 Å². The lowest BCUT2D eigenvalue weighted by Gasteiger charge is -2.08. The molecular weight excluding hydrogens is 362 g/mol. The van der Waals surface area contributed by atoms with Crippen LogP contribution in [-0.2, 0) is 0 Å². The number of carbonyl (C=O) groups is 1. The van der Waals surface area contributed by atoms with Gasteiger partial charge in [0.25, 0.3) is 11.6 Å². The number of hydrogen-bond donors (Lipinski definition) is 1. The Bertz CT molecular complexity index is 781. The minimum Gasteiger partial charge on any atom is -0.321 e. The van der Waals surface area contributed by atoms with Gasteiger partial charge in [-0.05, 0) is 41.1 Å². The first-order valence-electron chi connectivity index (χ1n) is 6.00. The maximum absolute atomic E-state index is 13.2. The number of carbonyl (C=O) groups excluding carboxylic acids is 1. The largest absolute Gasteiger partial charge is 0.321 e. The molecule has 2 aromatic carbocycles. The molecule has 2 rings (SSSR count). The standard InChI is InChI=1S/C14H9BrF2N2O3/c1-7-4-8(2-3-13(7)19(21)22)14(20)18-12-6-11(17)10(16)5-9(12)15/h2-6H,1H3,(H,18,20). The summed E-state index contributed by atoms with van der Waals surface area (Å²) < 4.78 is 26.4. The van der Waals surface area contributed by atoms with Crippen molar-refractivity contribution in [3.63, 3.8) is 0 Å². The molecule has 0 aliphatic rings. The van der Waals surface area contributed by atoms with Gasteiger partial charge in [-0.2, -0.15) is 0 Å². The SMILES string of the molecule is Cc1cc(C(=O)Nc2cc(F)c(F)cc2Br)ccc1[N+](=O)[O-]. The molecule has 0 saturated carbocycles. The van der Waals surface area contributed by atoms with E-state index in [4.69, 9.17) is 0 Å². The van der Waals surface area contributed by atoms with Crippen LogP contribution in [0.15, 0.2) is 34.8 Å². The van der Waals surface area contributed by atoms with Crippen molar-refractivity contribution >= 4 is 33.2 Å². The summed E-state index contributed by atoms with van der Waals surface area (Å²) in [4.78, 5) is 22.3. The van der Waals surface area contributed by atoms with Crippen LogP contribution in [0.25, 0.3) is 0 Å². The van der Waals surface area contributed by atoms with Gasteiger partial charge in [-0.3, -0.25) is 14.9 Å². The van der Waals surface area contributed by atoms with Gasteiger partial charge >= 0.3 is 0 Å². The molecule has 1 N–H and O–H groups in total. The van der Waals surface area contributed by atoms with E-state index in [1.54, 1.807) is 0 Å². The second-order valence-electron chi connectivity index (χ2n) is 4.46. The zero-order valence-electron chi connectivity index (χ0n) is 11.2. The number of anilines is 1. The van der Waals surface area contributed by atoms with Gasteiger partial charge in [-0.25, -0.2) is 8.78 Å². The van der Waals surface area contributed by atoms with Gasteiger partial charge < -0.3 is 5.32 Å². The molecule has 22 heavy (non-hydrogen) atoms. The number of nitro benzene ring substituents is 1. The van der Waals surface area contributed by atoms with Gasteiger partial charge in [0.1, 0.15) is 0 Å². The third-order valence-electron chi connectivity index (χ3n) is 2.91. The lowest BCUT2D eigenvalue weighted by atomic mass is 10.1. The van der Waals surface area contributed by atoms with Gasteiger partial charge in [-0.15, -0.1) is 0 Å². The predicted octanol–water partition coefficient (Wildman–Crippen LogP) is 4.20. The summed E-state index contributed by atoms with van der Waals surface area (Å²) in [5.41, 5.74) is 0.437. The third-order valence-corrected chi connectivity index (χ3v) is 3.57. The van der Waals surface area contributed by atoms with E-state index in [9.17, 15) is 23.7 Å². The van der Waals surface area contributed by atoms with Crippen LogP contribution in [-0.4, -0.2) is 10.8 Å². The Hall–Kier alpha value is -2.35. The summed E-state index contributed by atoms with van der Waals surface area (Å²) in [6.07, 6.45) is 0. The Labute approximate surface area is 132 Å². The fourth-order valence-corrected chi connectivity index (χ4v) is 2.23. The molecule has 0 fully saturated rings. The summed E-state index contributed by atoms with van der Waals surface area (Å²) >= 11 is 3.02. The Morgan fingerprint density at radius 2 is 1.86 bits per heavy atom. The van der Waals surface area contributed by atoms with Crippen LogP contribution in [0.5, 0.6) is 0 Å². The molecule has 0 radical (unpaired) electrons. The molecule has 0 saturated heterocycles. The van der Waals surface area contributed by atoms with E-state index in [-0.39, 0.29) is 21.4 Å². The number of halogens is 3. The first-order valence-corrected chi connectivity index (χ1v) is 6.80. The summed E-state index contributed by atoms with van der Waals surface area (Å²) in [5, 5.41) is 13.1. The lowest BCUT2D eigenvalue weighted by molar-refractivity contribution is -0.385. The molecule has 0 aliphatic carbocycles. The summed E-state index contributed by atoms with van der Waals surface area (Å²) in [5.74, 6) is -2.74. The van der Waals surface area contributed by atoms with Crippen molar-refractivity contribution in [2.75, 3.05) is 5.32 Å². The fourth-order valence-electron chi connectivity index (χ4n) is 1.81. The van der Waals surface area contributed by atoms with E-state index < -0.39 is 22.5 Å². The smallest absolute Gasteiger partial charge is 0.272 e.